The fourth-order valence-electron chi connectivity index (χ4n) is 3.11. The zero-order valence-electron chi connectivity index (χ0n) is 12.8. The first-order valence-corrected chi connectivity index (χ1v) is 7.37. The van der Waals surface area contributed by atoms with Crippen LogP contribution >= 0.6 is 0 Å². The van der Waals surface area contributed by atoms with E-state index in [4.69, 9.17) is 4.42 Å². The van der Waals surface area contributed by atoms with Crippen LogP contribution in [0, 0.1) is 19.8 Å². The molecule has 0 aromatic carbocycles. The van der Waals surface area contributed by atoms with Crippen LogP contribution in [0.3, 0.4) is 0 Å². The van der Waals surface area contributed by atoms with E-state index in [0.29, 0.717) is 17.2 Å². The van der Waals surface area contributed by atoms with Crippen LogP contribution < -0.4 is 0 Å². The molecule has 0 aliphatic carbocycles. The van der Waals surface area contributed by atoms with E-state index >= 15 is 0 Å². The van der Waals surface area contributed by atoms with Gasteiger partial charge in [-0.25, -0.2) is 4.98 Å². The van der Waals surface area contributed by atoms with Gasteiger partial charge in [0, 0.05) is 39.0 Å². The lowest BCUT2D eigenvalue weighted by Gasteiger charge is -2.28. The molecule has 2 aromatic rings. The van der Waals surface area contributed by atoms with Crippen molar-refractivity contribution in [2.24, 2.45) is 5.92 Å². The summed E-state index contributed by atoms with van der Waals surface area (Å²) >= 11 is 0. The minimum atomic E-state index is 0.0424. The third kappa shape index (κ3) is 2.73. The van der Waals surface area contributed by atoms with Gasteiger partial charge >= 0.3 is 0 Å². The quantitative estimate of drug-likeness (QED) is 0.871. The van der Waals surface area contributed by atoms with E-state index in [1.54, 1.807) is 0 Å². The summed E-state index contributed by atoms with van der Waals surface area (Å²) < 4.78 is 7.65. The number of carbonyl (C=O) groups is 1. The summed E-state index contributed by atoms with van der Waals surface area (Å²) in [6.45, 7) is 5.41. The number of carbonyl (C=O) groups excluding carboxylic acids is 1. The maximum absolute atomic E-state index is 12.5. The van der Waals surface area contributed by atoms with E-state index in [2.05, 4.69) is 9.55 Å². The molecular formula is C16H21N3O2. The van der Waals surface area contributed by atoms with Crippen molar-refractivity contribution in [1.82, 2.24) is 14.5 Å². The van der Waals surface area contributed by atoms with E-state index in [1.165, 1.54) is 0 Å². The molecule has 1 atom stereocenters. The number of nitrogens with zero attached hydrogens (tertiary/aromatic N) is 3. The number of hydrogen-bond donors (Lipinski definition) is 0. The fourth-order valence-corrected chi connectivity index (χ4v) is 3.11. The summed E-state index contributed by atoms with van der Waals surface area (Å²) in [5, 5.41) is 0. The van der Waals surface area contributed by atoms with Gasteiger partial charge in [0.1, 0.15) is 17.3 Å². The molecule has 0 saturated heterocycles. The monoisotopic (exact) mass is 287 g/mol. The molecule has 0 radical (unpaired) electrons. The summed E-state index contributed by atoms with van der Waals surface area (Å²) in [6.07, 6.45) is 5.94. The van der Waals surface area contributed by atoms with E-state index in [1.807, 2.05) is 44.3 Å². The average molecular weight is 287 g/mol. The van der Waals surface area contributed by atoms with Gasteiger partial charge in [-0.15, -0.1) is 0 Å². The van der Waals surface area contributed by atoms with Crippen molar-refractivity contribution in [3.05, 3.63) is 41.4 Å². The van der Waals surface area contributed by atoms with Crippen LogP contribution in [0.15, 0.2) is 22.9 Å². The van der Waals surface area contributed by atoms with Gasteiger partial charge < -0.3 is 13.9 Å². The topological polar surface area (TPSA) is 51.3 Å². The molecule has 5 heteroatoms. The maximum Gasteiger partial charge on any atom is 0.257 e. The molecular weight excluding hydrogens is 266 g/mol. The smallest absolute Gasteiger partial charge is 0.257 e. The molecule has 0 saturated carbocycles. The van der Waals surface area contributed by atoms with Crippen LogP contribution in [-0.2, 0) is 13.0 Å². The second-order valence-corrected chi connectivity index (χ2v) is 5.91. The molecule has 0 bridgehead atoms. The van der Waals surface area contributed by atoms with Crippen molar-refractivity contribution in [2.75, 3.05) is 13.6 Å². The minimum absolute atomic E-state index is 0.0424. The summed E-state index contributed by atoms with van der Waals surface area (Å²) in [7, 11) is 1.87. The van der Waals surface area contributed by atoms with E-state index in [-0.39, 0.29) is 5.91 Å². The van der Waals surface area contributed by atoms with Crippen LogP contribution in [0.4, 0.5) is 0 Å². The zero-order valence-corrected chi connectivity index (χ0v) is 12.8. The Morgan fingerprint density at radius 2 is 2.33 bits per heavy atom. The maximum atomic E-state index is 12.5. The molecule has 112 valence electrons. The normalized spacial score (nSPS) is 17.6. The molecule has 1 amide bonds. The summed E-state index contributed by atoms with van der Waals surface area (Å²) in [6, 6.07) is 1.82. The average Bonchev–Trinajstić information content (AvgIpc) is 3.03. The fraction of sp³-hybridized carbons (Fsp3) is 0.500. The van der Waals surface area contributed by atoms with Gasteiger partial charge in [0.2, 0.25) is 0 Å². The first kappa shape index (κ1) is 13.9. The van der Waals surface area contributed by atoms with Crippen molar-refractivity contribution < 1.29 is 9.21 Å². The number of rotatable bonds is 3. The number of fused-ring (bicyclic) bond motifs is 1. The molecule has 0 N–H and O–H groups in total. The van der Waals surface area contributed by atoms with Crippen LogP contribution in [0.1, 0.15) is 34.1 Å². The van der Waals surface area contributed by atoms with Crippen molar-refractivity contribution in [3.63, 3.8) is 0 Å². The highest BCUT2D eigenvalue weighted by Gasteiger charge is 2.24. The van der Waals surface area contributed by atoms with Gasteiger partial charge in [-0.2, -0.15) is 0 Å². The molecule has 21 heavy (non-hydrogen) atoms. The molecule has 0 spiro atoms. The Kier molecular flexibility index (Phi) is 3.57. The van der Waals surface area contributed by atoms with E-state index < -0.39 is 0 Å². The predicted molar refractivity (Wildman–Crippen MR) is 79.2 cm³/mol. The highest BCUT2D eigenvalue weighted by molar-refractivity contribution is 5.95. The molecule has 0 fully saturated rings. The highest BCUT2D eigenvalue weighted by atomic mass is 16.3. The second kappa shape index (κ2) is 5.39. The molecule has 2 aromatic heterocycles. The van der Waals surface area contributed by atoms with Crippen LogP contribution in [-0.4, -0.2) is 34.0 Å². The summed E-state index contributed by atoms with van der Waals surface area (Å²) in [4.78, 5) is 18.6. The number of aromatic nitrogens is 2. The number of amides is 1. The SMILES string of the molecule is Cc1cc(C(=O)N(C)C[C@H]2CCc3nccn3C2)c(C)o1. The number of imidazole rings is 1. The van der Waals surface area contributed by atoms with Gasteiger partial charge in [-0.3, -0.25) is 4.79 Å². The zero-order chi connectivity index (χ0) is 15.0. The Hall–Kier alpha value is -2.04. The Morgan fingerprint density at radius 3 is 3.05 bits per heavy atom. The molecule has 5 nitrogen and oxygen atoms in total. The highest BCUT2D eigenvalue weighted by Crippen LogP contribution is 2.21. The van der Waals surface area contributed by atoms with E-state index in [9.17, 15) is 4.79 Å². The van der Waals surface area contributed by atoms with E-state index in [0.717, 1.165) is 37.5 Å². The first-order chi connectivity index (χ1) is 10.0. The number of aryl methyl sites for hydroxylation is 3. The molecule has 3 rings (SSSR count). The standard InChI is InChI=1S/C16H21N3O2/c1-11-8-14(12(2)21-11)16(20)18(3)9-13-4-5-15-17-6-7-19(15)10-13/h6-8,13H,4-5,9-10H2,1-3H3/t13-/m1/s1. The van der Waals surface area contributed by atoms with Gasteiger partial charge in [0.25, 0.3) is 5.91 Å². The van der Waals surface area contributed by atoms with Gasteiger partial charge in [-0.05, 0) is 32.3 Å². The van der Waals surface area contributed by atoms with Crippen LogP contribution in [0.2, 0.25) is 0 Å². The minimum Gasteiger partial charge on any atom is -0.466 e. The third-order valence-corrected chi connectivity index (χ3v) is 4.18. The predicted octanol–water partition coefficient (Wildman–Crippen LogP) is 2.43. The van der Waals surface area contributed by atoms with Crippen molar-refractivity contribution in [2.45, 2.75) is 33.2 Å². The Labute approximate surface area is 124 Å². The summed E-state index contributed by atoms with van der Waals surface area (Å²) in [5.74, 6) is 3.16. The third-order valence-electron chi connectivity index (χ3n) is 4.18. The lowest BCUT2D eigenvalue weighted by atomic mass is 9.98. The van der Waals surface area contributed by atoms with Crippen molar-refractivity contribution in [3.8, 4) is 0 Å². The van der Waals surface area contributed by atoms with Crippen molar-refractivity contribution in [1.29, 1.82) is 0 Å². The lowest BCUT2D eigenvalue weighted by molar-refractivity contribution is 0.0759. The van der Waals surface area contributed by atoms with Crippen molar-refractivity contribution >= 4 is 5.91 Å². The first-order valence-electron chi connectivity index (χ1n) is 7.37. The van der Waals surface area contributed by atoms with Crippen LogP contribution in [0.5, 0.6) is 0 Å². The molecule has 3 heterocycles. The Balaban J connectivity index is 1.65. The number of furan rings is 1. The van der Waals surface area contributed by atoms with Gasteiger partial charge in [0.15, 0.2) is 0 Å². The van der Waals surface area contributed by atoms with Gasteiger partial charge in [0.05, 0.1) is 5.56 Å². The largest absolute Gasteiger partial charge is 0.466 e. The molecule has 1 aliphatic heterocycles. The van der Waals surface area contributed by atoms with Gasteiger partial charge in [-0.1, -0.05) is 0 Å². The lowest BCUT2D eigenvalue weighted by Crippen LogP contribution is -2.35. The van der Waals surface area contributed by atoms with Crippen LogP contribution in [0.25, 0.3) is 0 Å². The molecule has 1 aliphatic rings. The number of hydrogen-bond acceptors (Lipinski definition) is 3. The molecule has 0 unspecified atom stereocenters. The second-order valence-electron chi connectivity index (χ2n) is 5.91. The Morgan fingerprint density at radius 1 is 1.52 bits per heavy atom. The summed E-state index contributed by atoms with van der Waals surface area (Å²) in [5.41, 5.74) is 0.675. The Bertz CT molecular complexity index is 656.